The minimum atomic E-state index is -1.02. The minimum absolute atomic E-state index is 0.0664. The van der Waals surface area contributed by atoms with Crippen LogP contribution in [0, 0.1) is 30.2 Å². The van der Waals surface area contributed by atoms with E-state index in [1.165, 1.54) is 12.1 Å². The van der Waals surface area contributed by atoms with Gasteiger partial charge in [0.25, 0.3) is 0 Å². The van der Waals surface area contributed by atoms with Crippen molar-refractivity contribution in [3.05, 3.63) is 101 Å². The van der Waals surface area contributed by atoms with E-state index in [9.17, 15) is 13.2 Å². The second-order valence-corrected chi connectivity index (χ2v) is 9.61. The van der Waals surface area contributed by atoms with Crippen LogP contribution in [0.25, 0.3) is 11.1 Å². The lowest BCUT2D eigenvalue weighted by Crippen LogP contribution is -2.21. The molecule has 0 heterocycles. The largest absolute Gasteiger partial charge is 0.490 e. The van der Waals surface area contributed by atoms with Gasteiger partial charge >= 0.3 is 0 Å². The lowest BCUT2D eigenvalue weighted by Gasteiger charge is -2.29. The summed E-state index contributed by atoms with van der Waals surface area (Å²) in [6.07, 6.45) is 5.49. The first kappa shape index (κ1) is 26.9. The molecule has 0 saturated heterocycles. The van der Waals surface area contributed by atoms with Gasteiger partial charge in [-0.1, -0.05) is 48.0 Å². The standard InChI is InChI=1S/C31H32F4O2/c1-3-4-5-18-36-27-17-12-23(28(32)31(27)35)19-37-24-13-10-22(11-14-24)26-16-15-25(29(33)30(26)34)21-8-6-20(2)7-9-21/h3,6-9,12,15-17,22,24H,1,4-5,10-11,13-14,18-19H2,2H3. The van der Waals surface area contributed by atoms with Crippen molar-refractivity contribution in [3.63, 3.8) is 0 Å². The Morgan fingerprint density at radius 1 is 0.838 bits per heavy atom. The van der Waals surface area contributed by atoms with Crippen LogP contribution >= 0.6 is 0 Å². The van der Waals surface area contributed by atoms with Gasteiger partial charge < -0.3 is 9.47 Å². The second kappa shape index (κ2) is 12.4. The Bertz CT molecular complexity index is 1210. The lowest BCUT2D eigenvalue weighted by molar-refractivity contribution is 0.0116. The number of ether oxygens (including phenoxy) is 2. The Labute approximate surface area is 215 Å². The molecule has 37 heavy (non-hydrogen) atoms. The van der Waals surface area contributed by atoms with Gasteiger partial charge in [-0.25, -0.2) is 13.2 Å². The van der Waals surface area contributed by atoms with E-state index in [-0.39, 0.29) is 42.1 Å². The Hall–Kier alpha value is -3.12. The third-order valence-corrected chi connectivity index (χ3v) is 7.00. The van der Waals surface area contributed by atoms with Gasteiger partial charge in [0.2, 0.25) is 5.82 Å². The monoisotopic (exact) mass is 512 g/mol. The number of hydrogen-bond acceptors (Lipinski definition) is 2. The summed E-state index contributed by atoms with van der Waals surface area (Å²) in [5.74, 6) is -3.85. The van der Waals surface area contributed by atoms with Crippen LogP contribution in [0.5, 0.6) is 5.75 Å². The molecule has 2 nitrogen and oxygen atoms in total. The Morgan fingerprint density at radius 2 is 1.57 bits per heavy atom. The molecule has 4 rings (SSSR count). The van der Waals surface area contributed by atoms with E-state index in [2.05, 4.69) is 6.58 Å². The molecule has 0 bridgehead atoms. The fourth-order valence-electron chi connectivity index (χ4n) is 4.79. The minimum Gasteiger partial charge on any atom is -0.490 e. The highest BCUT2D eigenvalue weighted by molar-refractivity contribution is 5.65. The number of halogens is 4. The number of allylic oxidation sites excluding steroid dienone is 1. The van der Waals surface area contributed by atoms with Gasteiger partial charge in [0.05, 0.1) is 19.3 Å². The van der Waals surface area contributed by atoms with E-state index in [4.69, 9.17) is 9.47 Å². The topological polar surface area (TPSA) is 18.5 Å². The first-order valence-corrected chi connectivity index (χ1v) is 12.8. The quantitative estimate of drug-likeness (QED) is 0.154. The highest BCUT2D eigenvalue weighted by Gasteiger charge is 2.27. The van der Waals surface area contributed by atoms with Crippen LogP contribution in [0.4, 0.5) is 17.6 Å². The molecule has 0 N–H and O–H groups in total. The number of hydrogen-bond donors (Lipinski definition) is 0. The molecule has 1 aliphatic carbocycles. The molecule has 0 aliphatic heterocycles. The summed E-state index contributed by atoms with van der Waals surface area (Å²) in [6, 6.07) is 13.5. The summed E-state index contributed by atoms with van der Waals surface area (Å²) in [5.41, 5.74) is 2.44. The van der Waals surface area contributed by atoms with Crippen molar-refractivity contribution < 1.29 is 27.0 Å². The zero-order chi connectivity index (χ0) is 26.4. The van der Waals surface area contributed by atoms with Gasteiger partial charge in [-0.15, -0.1) is 6.58 Å². The smallest absolute Gasteiger partial charge is 0.200 e. The molecule has 1 aliphatic rings. The van der Waals surface area contributed by atoms with Gasteiger partial charge in [-0.3, -0.25) is 0 Å². The summed E-state index contributed by atoms with van der Waals surface area (Å²) in [7, 11) is 0. The average molecular weight is 513 g/mol. The zero-order valence-corrected chi connectivity index (χ0v) is 21.0. The van der Waals surface area contributed by atoms with Gasteiger partial charge in [0.15, 0.2) is 23.2 Å². The summed E-state index contributed by atoms with van der Waals surface area (Å²) in [6.45, 7) is 5.77. The first-order chi connectivity index (χ1) is 17.9. The van der Waals surface area contributed by atoms with E-state index in [1.54, 1.807) is 30.3 Å². The van der Waals surface area contributed by atoms with Crippen molar-refractivity contribution in [2.45, 2.75) is 64.1 Å². The van der Waals surface area contributed by atoms with E-state index in [1.807, 2.05) is 19.1 Å². The number of aryl methyl sites for hydroxylation is 1. The van der Waals surface area contributed by atoms with E-state index in [0.29, 0.717) is 43.2 Å². The molecule has 1 fully saturated rings. The maximum Gasteiger partial charge on any atom is 0.200 e. The van der Waals surface area contributed by atoms with E-state index in [0.717, 1.165) is 12.0 Å². The lowest BCUT2D eigenvalue weighted by atomic mass is 9.82. The van der Waals surface area contributed by atoms with Crippen molar-refractivity contribution in [2.24, 2.45) is 0 Å². The summed E-state index contributed by atoms with van der Waals surface area (Å²) in [4.78, 5) is 0. The molecule has 0 radical (unpaired) electrons. The van der Waals surface area contributed by atoms with Crippen molar-refractivity contribution in [3.8, 4) is 16.9 Å². The predicted molar refractivity (Wildman–Crippen MR) is 138 cm³/mol. The van der Waals surface area contributed by atoms with Gasteiger partial charge in [0, 0.05) is 11.1 Å². The maximum absolute atomic E-state index is 15.0. The Morgan fingerprint density at radius 3 is 2.27 bits per heavy atom. The zero-order valence-electron chi connectivity index (χ0n) is 21.0. The van der Waals surface area contributed by atoms with Crippen molar-refractivity contribution >= 4 is 0 Å². The normalized spacial score (nSPS) is 17.5. The molecule has 1 saturated carbocycles. The molecule has 3 aromatic rings. The van der Waals surface area contributed by atoms with Crippen LogP contribution in [0.2, 0.25) is 0 Å². The molecule has 6 heteroatoms. The average Bonchev–Trinajstić information content (AvgIpc) is 2.91. The third-order valence-electron chi connectivity index (χ3n) is 7.00. The maximum atomic E-state index is 15.0. The number of benzene rings is 3. The first-order valence-electron chi connectivity index (χ1n) is 12.8. The predicted octanol–water partition coefficient (Wildman–Crippen LogP) is 8.81. The fraction of sp³-hybridized carbons (Fsp3) is 0.355. The van der Waals surface area contributed by atoms with Gasteiger partial charge in [0.1, 0.15) is 0 Å². The Kier molecular flexibility index (Phi) is 9.04. The van der Waals surface area contributed by atoms with Crippen LogP contribution in [-0.4, -0.2) is 12.7 Å². The van der Waals surface area contributed by atoms with Crippen LogP contribution in [0.3, 0.4) is 0 Å². The van der Waals surface area contributed by atoms with Crippen LogP contribution < -0.4 is 4.74 Å². The molecule has 0 spiro atoms. The van der Waals surface area contributed by atoms with Gasteiger partial charge in [-0.05, 0) is 74.6 Å². The van der Waals surface area contributed by atoms with Crippen LogP contribution in [0.1, 0.15) is 61.1 Å². The number of rotatable bonds is 10. The van der Waals surface area contributed by atoms with Gasteiger partial charge in [-0.2, -0.15) is 4.39 Å². The highest BCUT2D eigenvalue weighted by atomic mass is 19.2. The molecular weight excluding hydrogens is 480 g/mol. The van der Waals surface area contributed by atoms with E-state index >= 15 is 4.39 Å². The van der Waals surface area contributed by atoms with Crippen molar-refractivity contribution in [1.29, 1.82) is 0 Å². The van der Waals surface area contributed by atoms with Crippen molar-refractivity contribution in [1.82, 2.24) is 0 Å². The van der Waals surface area contributed by atoms with Crippen LogP contribution in [0.15, 0.2) is 61.2 Å². The molecule has 0 amide bonds. The molecule has 0 unspecified atom stereocenters. The highest BCUT2D eigenvalue weighted by Crippen LogP contribution is 2.38. The fourth-order valence-corrected chi connectivity index (χ4v) is 4.79. The molecular formula is C31H32F4O2. The molecule has 3 aromatic carbocycles. The summed E-state index contributed by atoms with van der Waals surface area (Å²) >= 11 is 0. The number of unbranched alkanes of at least 4 members (excludes halogenated alkanes) is 1. The SMILES string of the molecule is C=CCCCOc1ccc(COC2CCC(c3ccc(-c4ccc(C)cc4)c(F)c3F)CC2)c(F)c1F. The summed E-state index contributed by atoms with van der Waals surface area (Å²) in [5, 5.41) is 0. The molecule has 0 atom stereocenters. The third kappa shape index (κ3) is 6.42. The summed E-state index contributed by atoms with van der Waals surface area (Å²) < 4.78 is 70.0. The molecule has 196 valence electrons. The Balaban J connectivity index is 1.32. The van der Waals surface area contributed by atoms with Crippen LogP contribution in [-0.2, 0) is 11.3 Å². The molecule has 0 aromatic heterocycles. The van der Waals surface area contributed by atoms with E-state index < -0.39 is 23.3 Å². The van der Waals surface area contributed by atoms with Crippen molar-refractivity contribution in [2.75, 3.05) is 6.61 Å². The second-order valence-electron chi connectivity index (χ2n) is 9.61.